The van der Waals surface area contributed by atoms with Gasteiger partial charge in [-0.15, -0.1) is 0 Å². The number of rotatable bonds is 3. The Balaban J connectivity index is 1.56. The second-order valence-corrected chi connectivity index (χ2v) is 7.55. The van der Waals surface area contributed by atoms with Crippen molar-refractivity contribution in [2.75, 3.05) is 6.54 Å². The number of benzene rings is 1. The van der Waals surface area contributed by atoms with Crippen LogP contribution in [0.5, 0.6) is 0 Å². The summed E-state index contributed by atoms with van der Waals surface area (Å²) < 4.78 is 2.41. The molecule has 3 nitrogen and oxygen atoms in total. The fraction of sp³-hybridized carbons (Fsp3) is 0.200. The summed E-state index contributed by atoms with van der Waals surface area (Å²) in [5, 5.41) is 1.19. The van der Waals surface area contributed by atoms with Gasteiger partial charge in [0.1, 0.15) is 0 Å². The maximum Gasteiger partial charge on any atom is 0.0569 e. The van der Waals surface area contributed by atoms with E-state index in [1.165, 1.54) is 39.0 Å². The number of hydrogen-bond donors (Lipinski definition) is 0. The van der Waals surface area contributed by atoms with E-state index >= 15 is 0 Å². The van der Waals surface area contributed by atoms with E-state index in [0.29, 0.717) is 5.92 Å². The molecule has 1 aliphatic carbocycles. The van der Waals surface area contributed by atoms with Gasteiger partial charge in [0.25, 0.3) is 0 Å². The maximum absolute atomic E-state index is 4.50. The van der Waals surface area contributed by atoms with Crippen LogP contribution < -0.4 is 0 Å². The minimum absolute atomic E-state index is 0.434. The van der Waals surface area contributed by atoms with Crippen LogP contribution >= 0.6 is 0 Å². The number of aromatic nitrogens is 2. The highest BCUT2D eigenvalue weighted by Crippen LogP contribution is 2.37. The van der Waals surface area contributed by atoms with Crippen molar-refractivity contribution in [3.05, 3.63) is 89.4 Å². The van der Waals surface area contributed by atoms with Gasteiger partial charge in [-0.3, -0.25) is 9.98 Å². The first-order valence-corrected chi connectivity index (χ1v) is 9.84. The standard InChI is InChI=1S/C25H23N3/c1-3-18-4-6-19(7-5-18)21-9-8-20(14-17(21)2)28-24-10-12-26-15-22(24)23-16-27-13-11-25(23)28/h3-8,10,12,14-16,21H,1,9,11,13H2,2H3. The molecule has 5 rings (SSSR count). The molecular weight excluding hydrogens is 342 g/mol. The number of pyridine rings is 1. The van der Waals surface area contributed by atoms with E-state index in [-0.39, 0.29) is 0 Å². The highest BCUT2D eigenvalue weighted by atomic mass is 15.0. The van der Waals surface area contributed by atoms with Crippen molar-refractivity contribution >= 4 is 28.9 Å². The van der Waals surface area contributed by atoms with Gasteiger partial charge < -0.3 is 4.57 Å². The molecular formula is C25H23N3. The molecule has 2 aliphatic rings. The lowest BCUT2D eigenvalue weighted by molar-refractivity contribution is 0.789. The van der Waals surface area contributed by atoms with Crippen LogP contribution in [0.1, 0.15) is 41.6 Å². The summed E-state index contributed by atoms with van der Waals surface area (Å²) in [6.45, 7) is 6.95. The number of nitrogens with zero attached hydrogens (tertiary/aromatic N) is 3. The quantitative estimate of drug-likeness (QED) is 0.592. The molecule has 0 N–H and O–H groups in total. The smallest absolute Gasteiger partial charge is 0.0569 e. The first-order chi connectivity index (χ1) is 13.8. The molecule has 0 saturated heterocycles. The summed E-state index contributed by atoms with van der Waals surface area (Å²) in [7, 11) is 0. The Morgan fingerprint density at radius 1 is 1.18 bits per heavy atom. The van der Waals surface area contributed by atoms with Crippen molar-refractivity contribution in [1.29, 1.82) is 0 Å². The van der Waals surface area contributed by atoms with Crippen molar-refractivity contribution in [1.82, 2.24) is 9.55 Å². The van der Waals surface area contributed by atoms with E-state index in [4.69, 9.17) is 0 Å². The summed E-state index contributed by atoms with van der Waals surface area (Å²) >= 11 is 0. The van der Waals surface area contributed by atoms with Crippen LogP contribution in [0.3, 0.4) is 0 Å². The average Bonchev–Trinajstić information content (AvgIpc) is 3.08. The zero-order valence-electron chi connectivity index (χ0n) is 16.1. The van der Waals surface area contributed by atoms with Gasteiger partial charge in [0.05, 0.1) is 5.52 Å². The van der Waals surface area contributed by atoms with Gasteiger partial charge in [0.2, 0.25) is 0 Å². The Kier molecular flexibility index (Phi) is 4.09. The van der Waals surface area contributed by atoms with Gasteiger partial charge in [-0.25, -0.2) is 0 Å². The van der Waals surface area contributed by atoms with Crippen molar-refractivity contribution in [3.63, 3.8) is 0 Å². The molecule has 0 spiro atoms. The third-order valence-corrected chi connectivity index (χ3v) is 5.93. The topological polar surface area (TPSA) is 30.2 Å². The second kappa shape index (κ2) is 6.75. The van der Waals surface area contributed by atoms with E-state index in [0.717, 1.165) is 24.9 Å². The van der Waals surface area contributed by atoms with Crippen molar-refractivity contribution in [2.45, 2.75) is 25.7 Å². The van der Waals surface area contributed by atoms with Gasteiger partial charge in [0, 0.05) is 59.8 Å². The Morgan fingerprint density at radius 2 is 2.04 bits per heavy atom. The number of fused-ring (bicyclic) bond motifs is 3. The largest absolute Gasteiger partial charge is 0.313 e. The van der Waals surface area contributed by atoms with E-state index in [2.05, 4.69) is 70.5 Å². The average molecular weight is 365 g/mol. The summed E-state index contributed by atoms with van der Waals surface area (Å²) in [5.41, 5.74) is 8.99. The van der Waals surface area contributed by atoms with Crippen LogP contribution in [-0.2, 0) is 6.42 Å². The molecule has 1 unspecified atom stereocenters. The van der Waals surface area contributed by atoms with Crippen LogP contribution in [0.2, 0.25) is 0 Å². The fourth-order valence-corrected chi connectivity index (χ4v) is 4.46. The molecule has 1 aromatic carbocycles. The molecule has 0 bridgehead atoms. The third kappa shape index (κ3) is 2.66. The zero-order valence-corrected chi connectivity index (χ0v) is 16.1. The highest BCUT2D eigenvalue weighted by Gasteiger charge is 2.23. The first kappa shape index (κ1) is 16.9. The molecule has 2 aromatic heterocycles. The van der Waals surface area contributed by atoms with Gasteiger partial charge in [-0.2, -0.15) is 0 Å². The molecule has 138 valence electrons. The van der Waals surface area contributed by atoms with Gasteiger partial charge in [-0.1, -0.05) is 48.6 Å². The van der Waals surface area contributed by atoms with Crippen molar-refractivity contribution in [2.24, 2.45) is 4.99 Å². The Labute approximate surface area is 165 Å². The van der Waals surface area contributed by atoms with Crippen LogP contribution in [-0.4, -0.2) is 22.3 Å². The summed E-state index contributed by atoms with van der Waals surface area (Å²) in [4.78, 5) is 8.84. The SMILES string of the molecule is C=Cc1ccc(C2CC=C(n3c4c(c5cnccc53)C=NCC4)C=C2C)cc1. The van der Waals surface area contributed by atoms with Crippen molar-refractivity contribution < 1.29 is 0 Å². The fourth-order valence-electron chi connectivity index (χ4n) is 4.46. The second-order valence-electron chi connectivity index (χ2n) is 7.55. The molecule has 1 atom stereocenters. The molecule has 3 aromatic rings. The summed E-state index contributed by atoms with van der Waals surface area (Å²) in [6, 6.07) is 10.9. The molecule has 0 saturated carbocycles. The molecule has 0 radical (unpaired) electrons. The van der Waals surface area contributed by atoms with Crippen molar-refractivity contribution in [3.8, 4) is 0 Å². The number of hydrogen-bond acceptors (Lipinski definition) is 2. The number of allylic oxidation sites excluding steroid dienone is 4. The Hall–Kier alpha value is -3.20. The minimum atomic E-state index is 0.434. The van der Waals surface area contributed by atoms with E-state index in [1.807, 2.05) is 24.7 Å². The Bertz CT molecular complexity index is 1160. The Morgan fingerprint density at radius 3 is 2.82 bits per heavy atom. The van der Waals surface area contributed by atoms with Gasteiger partial charge >= 0.3 is 0 Å². The first-order valence-electron chi connectivity index (χ1n) is 9.84. The van der Waals surface area contributed by atoms with Crippen LogP contribution in [0.25, 0.3) is 22.7 Å². The summed E-state index contributed by atoms with van der Waals surface area (Å²) in [5.74, 6) is 0.434. The molecule has 3 heterocycles. The van der Waals surface area contributed by atoms with Crippen LogP contribution in [0.4, 0.5) is 0 Å². The third-order valence-electron chi connectivity index (χ3n) is 5.93. The van der Waals surface area contributed by atoms with Crippen LogP contribution in [0.15, 0.2) is 72.0 Å². The molecule has 0 fully saturated rings. The van der Waals surface area contributed by atoms with Gasteiger partial charge in [-0.05, 0) is 36.6 Å². The van der Waals surface area contributed by atoms with E-state index in [1.54, 1.807) is 0 Å². The lowest BCUT2D eigenvalue weighted by atomic mass is 9.85. The lowest BCUT2D eigenvalue weighted by Crippen LogP contribution is -2.11. The molecule has 0 amide bonds. The molecule has 3 heteroatoms. The highest BCUT2D eigenvalue weighted by molar-refractivity contribution is 6.03. The van der Waals surface area contributed by atoms with E-state index in [9.17, 15) is 0 Å². The predicted octanol–water partition coefficient (Wildman–Crippen LogP) is 5.63. The normalized spacial score (nSPS) is 18.5. The van der Waals surface area contributed by atoms with Crippen LogP contribution in [0, 0.1) is 0 Å². The zero-order chi connectivity index (χ0) is 19.1. The minimum Gasteiger partial charge on any atom is -0.313 e. The van der Waals surface area contributed by atoms with E-state index < -0.39 is 0 Å². The lowest BCUT2D eigenvalue weighted by Gasteiger charge is -2.24. The molecule has 28 heavy (non-hydrogen) atoms. The monoisotopic (exact) mass is 365 g/mol. The maximum atomic E-state index is 4.50. The molecule has 1 aliphatic heterocycles. The predicted molar refractivity (Wildman–Crippen MR) is 118 cm³/mol. The number of aliphatic imine (C=N–C) groups is 1. The summed E-state index contributed by atoms with van der Waals surface area (Å²) in [6.07, 6.45) is 14.5. The van der Waals surface area contributed by atoms with Gasteiger partial charge in [0.15, 0.2) is 0 Å².